The summed E-state index contributed by atoms with van der Waals surface area (Å²) in [6.07, 6.45) is 0.244. The van der Waals surface area contributed by atoms with E-state index in [0.717, 1.165) is 11.3 Å². The first-order valence-electron chi connectivity index (χ1n) is 6.21. The summed E-state index contributed by atoms with van der Waals surface area (Å²) in [7, 11) is 5.00. The Morgan fingerprint density at radius 1 is 1.32 bits per heavy atom. The molecule has 1 aromatic carbocycles. The van der Waals surface area contributed by atoms with E-state index in [0.29, 0.717) is 12.4 Å². The lowest BCUT2D eigenvalue weighted by Crippen LogP contribution is -2.21. The van der Waals surface area contributed by atoms with Gasteiger partial charge in [0.2, 0.25) is 0 Å². The van der Waals surface area contributed by atoms with Crippen molar-refractivity contribution in [3.8, 4) is 11.5 Å². The van der Waals surface area contributed by atoms with E-state index in [-0.39, 0.29) is 18.4 Å². The van der Waals surface area contributed by atoms with E-state index in [1.165, 1.54) is 0 Å². The molecule has 0 aromatic heterocycles. The van der Waals surface area contributed by atoms with Gasteiger partial charge in [-0.2, -0.15) is 0 Å². The minimum Gasteiger partial charge on any atom is -0.497 e. The average molecular weight is 267 g/mol. The lowest BCUT2D eigenvalue weighted by Gasteiger charge is -2.19. The second kappa shape index (κ2) is 7.63. The summed E-state index contributed by atoms with van der Waals surface area (Å²) in [4.78, 5) is 11.6. The highest BCUT2D eigenvalue weighted by Gasteiger charge is 2.19. The highest BCUT2D eigenvalue weighted by Crippen LogP contribution is 2.31. The molecule has 0 spiro atoms. The van der Waals surface area contributed by atoms with Crippen LogP contribution >= 0.6 is 0 Å². The van der Waals surface area contributed by atoms with Gasteiger partial charge in [-0.3, -0.25) is 4.79 Å². The predicted octanol–water partition coefficient (Wildman–Crippen LogP) is 1.92. The third kappa shape index (κ3) is 4.13. The molecule has 106 valence electrons. The highest BCUT2D eigenvalue weighted by atomic mass is 16.5. The fraction of sp³-hybridized carbons (Fsp3) is 0.500. The van der Waals surface area contributed by atoms with Crippen molar-refractivity contribution in [2.45, 2.75) is 19.4 Å². The first kappa shape index (κ1) is 15.3. The van der Waals surface area contributed by atoms with Crippen molar-refractivity contribution >= 4 is 5.97 Å². The fourth-order valence-electron chi connectivity index (χ4n) is 1.87. The Hall–Kier alpha value is -1.75. The van der Waals surface area contributed by atoms with Crippen molar-refractivity contribution in [3.63, 3.8) is 0 Å². The summed E-state index contributed by atoms with van der Waals surface area (Å²) in [5.41, 5.74) is 0.873. The Morgan fingerprint density at radius 3 is 2.58 bits per heavy atom. The molecule has 0 saturated carbocycles. The third-order valence-electron chi connectivity index (χ3n) is 2.84. The number of hydrogen-bond donors (Lipinski definition) is 1. The number of carbonyl (C=O) groups excluding carboxylic acids is 1. The monoisotopic (exact) mass is 267 g/mol. The van der Waals surface area contributed by atoms with Crippen LogP contribution < -0.4 is 14.8 Å². The molecule has 0 amide bonds. The first-order valence-corrected chi connectivity index (χ1v) is 6.21. The zero-order chi connectivity index (χ0) is 14.3. The van der Waals surface area contributed by atoms with Gasteiger partial charge in [-0.05, 0) is 32.2 Å². The van der Waals surface area contributed by atoms with Crippen LogP contribution in [0.25, 0.3) is 0 Å². The molecular formula is C14H21NO4. The summed E-state index contributed by atoms with van der Waals surface area (Å²) in [5.74, 6) is 1.19. The molecule has 1 N–H and O–H groups in total. The van der Waals surface area contributed by atoms with Crippen LogP contribution in [-0.4, -0.2) is 33.8 Å². The zero-order valence-electron chi connectivity index (χ0n) is 11.9. The molecule has 0 aliphatic carbocycles. The summed E-state index contributed by atoms with van der Waals surface area (Å²) >= 11 is 0. The molecular weight excluding hydrogens is 246 g/mol. The van der Waals surface area contributed by atoms with E-state index < -0.39 is 0 Å². The van der Waals surface area contributed by atoms with Crippen molar-refractivity contribution < 1.29 is 19.0 Å². The molecule has 5 heteroatoms. The largest absolute Gasteiger partial charge is 0.497 e. The molecule has 1 rings (SSSR count). The molecule has 1 atom stereocenters. The molecule has 0 aliphatic heterocycles. The van der Waals surface area contributed by atoms with Crippen LogP contribution in [0, 0.1) is 0 Å². The number of esters is 1. The van der Waals surface area contributed by atoms with Gasteiger partial charge in [0.15, 0.2) is 0 Å². The second-order valence-corrected chi connectivity index (χ2v) is 3.96. The Kier molecular flexibility index (Phi) is 6.15. The maximum absolute atomic E-state index is 11.6. The average Bonchev–Trinajstić information content (AvgIpc) is 2.44. The van der Waals surface area contributed by atoms with E-state index in [4.69, 9.17) is 14.2 Å². The highest BCUT2D eigenvalue weighted by molar-refractivity contribution is 5.70. The number of ether oxygens (including phenoxy) is 3. The third-order valence-corrected chi connectivity index (χ3v) is 2.84. The lowest BCUT2D eigenvalue weighted by atomic mass is 10.0. The Bertz CT molecular complexity index is 420. The number of benzene rings is 1. The topological polar surface area (TPSA) is 56.8 Å². The predicted molar refractivity (Wildman–Crippen MR) is 72.6 cm³/mol. The van der Waals surface area contributed by atoms with Crippen LogP contribution in [0.1, 0.15) is 24.9 Å². The molecule has 0 bridgehead atoms. The van der Waals surface area contributed by atoms with Crippen LogP contribution in [0.5, 0.6) is 11.5 Å². The molecule has 0 saturated heterocycles. The van der Waals surface area contributed by atoms with Crippen molar-refractivity contribution in [1.82, 2.24) is 5.32 Å². The van der Waals surface area contributed by atoms with Gasteiger partial charge in [0.1, 0.15) is 11.5 Å². The van der Waals surface area contributed by atoms with E-state index in [1.54, 1.807) is 28.2 Å². The second-order valence-electron chi connectivity index (χ2n) is 3.96. The standard InChI is InChI=1S/C14H21NO4/c1-5-19-14(16)9-12(15-2)11-8-10(17-3)6-7-13(11)18-4/h6-8,12,15H,5,9H2,1-4H3. The molecule has 5 nitrogen and oxygen atoms in total. The van der Waals surface area contributed by atoms with Crippen molar-refractivity contribution in [1.29, 1.82) is 0 Å². The normalized spacial score (nSPS) is 11.8. The molecule has 19 heavy (non-hydrogen) atoms. The van der Waals surface area contributed by atoms with Gasteiger partial charge < -0.3 is 19.5 Å². The zero-order valence-corrected chi connectivity index (χ0v) is 11.9. The Labute approximate surface area is 113 Å². The van der Waals surface area contributed by atoms with Gasteiger partial charge in [-0.25, -0.2) is 0 Å². The number of methoxy groups -OCH3 is 2. The quantitative estimate of drug-likeness (QED) is 0.765. The summed E-state index contributed by atoms with van der Waals surface area (Å²) in [6, 6.07) is 5.33. The number of rotatable bonds is 7. The van der Waals surface area contributed by atoms with Crippen molar-refractivity contribution in [3.05, 3.63) is 23.8 Å². The van der Waals surface area contributed by atoms with Gasteiger partial charge in [0.25, 0.3) is 0 Å². The van der Waals surface area contributed by atoms with Crippen molar-refractivity contribution in [2.75, 3.05) is 27.9 Å². The lowest BCUT2D eigenvalue weighted by molar-refractivity contribution is -0.143. The number of hydrogen-bond acceptors (Lipinski definition) is 5. The van der Waals surface area contributed by atoms with Gasteiger partial charge in [-0.15, -0.1) is 0 Å². The van der Waals surface area contributed by atoms with Gasteiger partial charge >= 0.3 is 5.97 Å². The SMILES string of the molecule is CCOC(=O)CC(NC)c1cc(OC)ccc1OC. The van der Waals surface area contributed by atoms with E-state index >= 15 is 0 Å². The summed E-state index contributed by atoms with van der Waals surface area (Å²) in [6.45, 7) is 2.17. The van der Waals surface area contributed by atoms with Crippen LogP contribution in [0.3, 0.4) is 0 Å². The number of carbonyl (C=O) groups is 1. The fourth-order valence-corrected chi connectivity index (χ4v) is 1.87. The molecule has 0 fully saturated rings. The number of nitrogens with one attached hydrogen (secondary N) is 1. The molecule has 1 aromatic rings. The Balaban J connectivity index is 2.98. The van der Waals surface area contributed by atoms with Crippen LogP contribution in [0.4, 0.5) is 0 Å². The molecule has 0 radical (unpaired) electrons. The minimum atomic E-state index is -0.244. The van der Waals surface area contributed by atoms with E-state index in [9.17, 15) is 4.79 Å². The van der Waals surface area contributed by atoms with Gasteiger partial charge in [0.05, 0.1) is 27.2 Å². The van der Waals surface area contributed by atoms with Crippen molar-refractivity contribution in [2.24, 2.45) is 0 Å². The van der Waals surface area contributed by atoms with Crippen LogP contribution in [0.2, 0.25) is 0 Å². The molecule has 1 unspecified atom stereocenters. The van der Waals surface area contributed by atoms with Crippen LogP contribution in [0.15, 0.2) is 18.2 Å². The molecule has 0 aliphatic rings. The maximum Gasteiger partial charge on any atom is 0.307 e. The van der Waals surface area contributed by atoms with E-state index in [2.05, 4.69) is 5.32 Å². The molecule has 0 heterocycles. The van der Waals surface area contributed by atoms with Gasteiger partial charge in [-0.1, -0.05) is 0 Å². The maximum atomic E-state index is 11.6. The van der Waals surface area contributed by atoms with Crippen LogP contribution in [-0.2, 0) is 9.53 Å². The van der Waals surface area contributed by atoms with E-state index in [1.807, 2.05) is 18.2 Å². The van der Waals surface area contributed by atoms with Gasteiger partial charge in [0, 0.05) is 11.6 Å². The first-order chi connectivity index (χ1) is 9.15. The Morgan fingerprint density at radius 2 is 2.05 bits per heavy atom. The summed E-state index contributed by atoms with van der Waals surface area (Å²) in [5, 5.41) is 3.10. The minimum absolute atomic E-state index is 0.177. The summed E-state index contributed by atoms with van der Waals surface area (Å²) < 4.78 is 15.5. The smallest absolute Gasteiger partial charge is 0.307 e.